The van der Waals surface area contributed by atoms with E-state index in [1.165, 1.54) is 12.8 Å². The van der Waals surface area contributed by atoms with Gasteiger partial charge in [-0.1, -0.05) is 15.9 Å². The Morgan fingerprint density at radius 2 is 2.30 bits per heavy atom. The monoisotopic (exact) mass is 375 g/mol. The third-order valence-electron chi connectivity index (χ3n) is 4.38. The van der Waals surface area contributed by atoms with Crippen molar-refractivity contribution >= 4 is 32.7 Å². The van der Waals surface area contributed by atoms with Gasteiger partial charge in [-0.05, 0) is 69.5 Å². The van der Waals surface area contributed by atoms with Crippen LogP contribution in [0.5, 0.6) is 0 Å². The highest BCUT2D eigenvalue weighted by molar-refractivity contribution is 9.10. The maximum atomic E-state index is 12.6. The smallest absolute Gasteiger partial charge is 0.252 e. The normalized spacial score (nSPS) is 18.1. The molecule has 23 heavy (non-hydrogen) atoms. The van der Waals surface area contributed by atoms with Gasteiger partial charge in [-0.15, -0.1) is 0 Å². The van der Waals surface area contributed by atoms with E-state index in [0.717, 1.165) is 47.1 Å². The molecule has 2 heterocycles. The van der Waals surface area contributed by atoms with Crippen molar-refractivity contribution in [1.82, 2.24) is 15.6 Å². The SMILES string of the molecule is Cc1cc(C(=O)NCCC2CCCNC2)c2cc(Br)ccc2n1. The molecule has 1 fully saturated rings. The van der Waals surface area contributed by atoms with Crippen molar-refractivity contribution in [3.05, 3.63) is 40.0 Å². The van der Waals surface area contributed by atoms with E-state index in [0.29, 0.717) is 11.5 Å². The molecule has 3 rings (SSSR count). The number of nitrogens with zero attached hydrogens (tertiary/aromatic N) is 1. The number of rotatable bonds is 4. The average Bonchev–Trinajstić information content (AvgIpc) is 2.55. The number of nitrogens with one attached hydrogen (secondary N) is 2. The van der Waals surface area contributed by atoms with Gasteiger partial charge in [-0.2, -0.15) is 0 Å². The quantitative estimate of drug-likeness (QED) is 0.860. The van der Waals surface area contributed by atoms with Gasteiger partial charge in [0.15, 0.2) is 0 Å². The molecule has 0 saturated carbocycles. The summed E-state index contributed by atoms with van der Waals surface area (Å²) in [6, 6.07) is 7.72. The minimum Gasteiger partial charge on any atom is -0.352 e. The lowest BCUT2D eigenvalue weighted by Gasteiger charge is -2.22. The fourth-order valence-corrected chi connectivity index (χ4v) is 3.53. The van der Waals surface area contributed by atoms with Crippen LogP contribution >= 0.6 is 15.9 Å². The molecule has 1 atom stereocenters. The topological polar surface area (TPSA) is 54.0 Å². The lowest BCUT2D eigenvalue weighted by molar-refractivity contribution is 0.0952. The lowest BCUT2D eigenvalue weighted by Crippen LogP contribution is -2.33. The van der Waals surface area contributed by atoms with Crippen molar-refractivity contribution in [3.63, 3.8) is 0 Å². The second kappa shape index (κ2) is 7.41. The summed E-state index contributed by atoms with van der Waals surface area (Å²) in [5, 5.41) is 7.38. The van der Waals surface area contributed by atoms with Crippen molar-refractivity contribution in [2.75, 3.05) is 19.6 Å². The Morgan fingerprint density at radius 1 is 1.43 bits per heavy atom. The number of carbonyl (C=O) groups is 1. The summed E-state index contributed by atoms with van der Waals surface area (Å²) < 4.78 is 0.956. The molecule has 1 saturated heterocycles. The molecule has 1 aliphatic rings. The van der Waals surface area contributed by atoms with E-state index in [1.807, 2.05) is 31.2 Å². The molecule has 0 aliphatic carbocycles. The van der Waals surface area contributed by atoms with E-state index in [9.17, 15) is 4.79 Å². The minimum absolute atomic E-state index is 0.0117. The van der Waals surface area contributed by atoms with Crippen molar-refractivity contribution in [2.45, 2.75) is 26.2 Å². The largest absolute Gasteiger partial charge is 0.352 e. The number of fused-ring (bicyclic) bond motifs is 1. The van der Waals surface area contributed by atoms with E-state index in [1.54, 1.807) is 0 Å². The fourth-order valence-electron chi connectivity index (χ4n) is 3.17. The van der Waals surface area contributed by atoms with Gasteiger partial charge in [-0.3, -0.25) is 9.78 Å². The van der Waals surface area contributed by atoms with E-state index < -0.39 is 0 Å². The first kappa shape index (κ1) is 16.4. The predicted molar refractivity (Wildman–Crippen MR) is 96.7 cm³/mol. The molecule has 1 aliphatic heterocycles. The van der Waals surface area contributed by atoms with Crippen LogP contribution in [0.2, 0.25) is 0 Å². The van der Waals surface area contributed by atoms with Crippen LogP contribution in [-0.2, 0) is 0 Å². The minimum atomic E-state index is -0.0117. The van der Waals surface area contributed by atoms with Gasteiger partial charge in [0.25, 0.3) is 5.91 Å². The number of benzene rings is 1. The number of aryl methyl sites for hydroxylation is 1. The molecule has 122 valence electrons. The summed E-state index contributed by atoms with van der Waals surface area (Å²) >= 11 is 3.47. The number of hydrogen-bond donors (Lipinski definition) is 2. The van der Waals surface area contributed by atoms with Gasteiger partial charge in [0.1, 0.15) is 0 Å². The molecular formula is C18H22BrN3O. The number of pyridine rings is 1. The highest BCUT2D eigenvalue weighted by Crippen LogP contribution is 2.23. The number of carbonyl (C=O) groups excluding carboxylic acids is 1. The van der Waals surface area contributed by atoms with Crippen LogP contribution in [0, 0.1) is 12.8 Å². The highest BCUT2D eigenvalue weighted by atomic mass is 79.9. The zero-order valence-electron chi connectivity index (χ0n) is 13.4. The Hall–Kier alpha value is -1.46. The molecule has 2 aromatic rings. The van der Waals surface area contributed by atoms with Crippen LogP contribution in [0.4, 0.5) is 0 Å². The average molecular weight is 376 g/mol. The fraction of sp³-hybridized carbons (Fsp3) is 0.444. The molecule has 1 unspecified atom stereocenters. The molecule has 0 spiro atoms. The summed E-state index contributed by atoms with van der Waals surface area (Å²) in [7, 11) is 0. The molecule has 5 heteroatoms. The second-order valence-corrected chi connectivity index (χ2v) is 7.15. The maximum absolute atomic E-state index is 12.6. The molecule has 1 aromatic carbocycles. The Labute approximate surface area is 145 Å². The van der Waals surface area contributed by atoms with Crippen molar-refractivity contribution in [2.24, 2.45) is 5.92 Å². The van der Waals surface area contributed by atoms with E-state index >= 15 is 0 Å². The number of piperidine rings is 1. The Bertz CT molecular complexity index is 711. The summed E-state index contributed by atoms with van der Waals surface area (Å²) in [4.78, 5) is 17.1. The number of halogens is 1. The molecule has 4 nitrogen and oxygen atoms in total. The standard InChI is InChI=1S/C18H22BrN3O/c1-12-9-16(15-10-14(19)4-5-17(15)22-12)18(23)21-8-6-13-3-2-7-20-11-13/h4-5,9-10,13,20H,2-3,6-8,11H2,1H3,(H,21,23). The number of aromatic nitrogens is 1. The predicted octanol–water partition coefficient (Wildman–Crippen LogP) is 3.43. The van der Waals surface area contributed by atoms with Crippen LogP contribution in [0.15, 0.2) is 28.7 Å². The van der Waals surface area contributed by atoms with Gasteiger partial charge < -0.3 is 10.6 Å². The van der Waals surface area contributed by atoms with Crippen LogP contribution in [0.25, 0.3) is 10.9 Å². The summed E-state index contributed by atoms with van der Waals surface area (Å²) in [5.41, 5.74) is 2.42. The summed E-state index contributed by atoms with van der Waals surface area (Å²) in [5.74, 6) is 0.663. The summed E-state index contributed by atoms with van der Waals surface area (Å²) in [6.07, 6.45) is 3.53. The third-order valence-corrected chi connectivity index (χ3v) is 4.87. The Balaban J connectivity index is 1.71. The van der Waals surface area contributed by atoms with Gasteiger partial charge in [-0.25, -0.2) is 0 Å². The maximum Gasteiger partial charge on any atom is 0.252 e. The van der Waals surface area contributed by atoms with Crippen LogP contribution in [0.3, 0.4) is 0 Å². The molecule has 0 radical (unpaired) electrons. The van der Waals surface area contributed by atoms with Gasteiger partial charge in [0.05, 0.1) is 11.1 Å². The third kappa shape index (κ3) is 4.09. The van der Waals surface area contributed by atoms with Crippen molar-refractivity contribution < 1.29 is 4.79 Å². The zero-order chi connectivity index (χ0) is 16.2. The number of hydrogen-bond acceptors (Lipinski definition) is 3. The van der Waals surface area contributed by atoms with Crippen LogP contribution < -0.4 is 10.6 Å². The van der Waals surface area contributed by atoms with Gasteiger partial charge in [0, 0.05) is 22.1 Å². The molecule has 2 N–H and O–H groups in total. The van der Waals surface area contributed by atoms with Crippen molar-refractivity contribution in [3.8, 4) is 0 Å². The summed E-state index contributed by atoms with van der Waals surface area (Å²) in [6.45, 7) is 4.84. The molecule has 1 aromatic heterocycles. The first-order chi connectivity index (χ1) is 11.1. The molecule has 1 amide bonds. The van der Waals surface area contributed by atoms with E-state index in [2.05, 4.69) is 31.5 Å². The zero-order valence-corrected chi connectivity index (χ0v) is 14.9. The van der Waals surface area contributed by atoms with E-state index in [4.69, 9.17) is 0 Å². The van der Waals surface area contributed by atoms with Gasteiger partial charge >= 0.3 is 0 Å². The van der Waals surface area contributed by atoms with Crippen LogP contribution in [-0.4, -0.2) is 30.5 Å². The Kier molecular flexibility index (Phi) is 5.28. The Morgan fingerprint density at radius 3 is 3.09 bits per heavy atom. The first-order valence-corrected chi connectivity index (χ1v) is 8.98. The van der Waals surface area contributed by atoms with Crippen LogP contribution in [0.1, 0.15) is 35.3 Å². The second-order valence-electron chi connectivity index (χ2n) is 6.23. The number of amides is 1. The van der Waals surface area contributed by atoms with Gasteiger partial charge in [0.2, 0.25) is 0 Å². The highest BCUT2D eigenvalue weighted by Gasteiger charge is 2.15. The molecule has 0 bridgehead atoms. The van der Waals surface area contributed by atoms with Crippen molar-refractivity contribution in [1.29, 1.82) is 0 Å². The van der Waals surface area contributed by atoms with E-state index in [-0.39, 0.29) is 5.91 Å². The lowest BCUT2D eigenvalue weighted by atomic mass is 9.96. The molecular weight excluding hydrogens is 354 g/mol. The first-order valence-electron chi connectivity index (χ1n) is 8.19.